The Bertz CT molecular complexity index is 805. The second-order valence-electron chi connectivity index (χ2n) is 6.02. The fraction of sp³-hybridized carbons (Fsp3) is 0.333. The van der Waals surface area contributed by atoms with Crippen molar-refractivity contribution in [1.82, 2.24) is 29.6 Å². The first-order valence-corrected chi connectivity index (χ1v) is 8.44. The van der Waals surface area contributed by atoms with Crippen LogP contribution in [0.3, 0.4) is 0 Å². The van der Waals surface area contributed by atoms with Crippen molar-refractivity contribution in [2.75, 3.05) is 13.1 Å². The molecule has 0 spiro atoms. The Morgan fingerprint density at radius 2 is 1.88 bits per heavy atom. The minimum Gasteiger partial charge on any atom is -0.469 e. The van der Waals surface area contributed by atoms with Crippen LogP contribution < -0.4 is 4.74 Å². The smallest absolute Gasteiger partial charge is 0.213 e. The lowest BCUT2D eigenvalue weighted by molar-refractivity contribution is 0.259. The second kappa shape index (κ2) is 7.40. The molecule has 4 heterocycles. The molecule has 0 radical (unpaired) electrons. The van der Waals surface area contributed by atoms with Gasteiger partial charge in [0.1, 0.15) is 12.4 Å². The first-order valence-electron chi connectivity index (χ1n) is 8.44. The molecule has 7 nitrogen and oxygen atoms in total. The largest absolute Gasteiger partial charge is 0.469 e. The number of nitrogens with zero attached hydrogens (tertiary/aromatic N) is 6. The van der Waals surface area contributed by atoms with E-state index in [-0.39, 0.29) is 0 Å². The van der Waals surface area contributed by atoms with Gasteiger partial charge in [-0.25, -0.2) is 4.98 Å². The van der Waals surface area contributed by atoms with Gasteiger partial charge in [0.2, 0.25) is 5.88 Å². The molecule has 3 aromatic heterocycles. The van der Waals surface area contributed by atoms with E-state index in [1.165, 1.54) is 5.56 Å². The molecule has 7 heteroatoms. The van der Waals surface area contributed by atoms with Crippen LogP contribution in [0.5, 0.6) is 5.88 Å². The highest BCUT2D eigenvalue weighted by atomic mass is 16.5. The summed E-state index contributed by atoms with van der Waals surface area (Å²) in [6.45, 7) is 4.12. The maximum atomic E-state index is 5.72. The van der Waals surface area contributed by atoms with Crippen LogP contribution in [0.25, 0.3) is 0 Å². The minimum atomic E-state index is 0.383. The zero-order chi connectivity index (χ0) is 16.9. The molecule has 128 valence electrons. The predicted octanol–water partition coefficient (Wildman–Crippen LogP) is 1.71. The summed E-state index contributed by atoms with van der Waals surface area (Å²) in [7, 11) is 0. The first-order chi connectivity index (χ1) is 12.4. The summed E-state index contributed by atoms with van der Waals surface area (Å²) in [4.78, 5) is 10.7. The average Bonchev–Trinajstić information content (AvgIpc) is 2.95. The molecule has 4 rings (SSSR count). The van der Waals surface area contributed by atoms with Gasteiger partial charge in [-0.15, -0.1) is 10.2 Å². The summed E-state index contributed by atoms with van der Waals surface area (Å²) in [6, 6.07) is 9.75. The quantitative estimate of drug-likeness (QED) is 0.706. The summed E-state index contributed by atoms with van der Waals surface area (Å²) in [6.07, 6.45) is 6.29. The molecule has 0 aromatic carbocycles. The second-order valence-corrected chi connectivity index (χ2v) is 6.02. The Labute approximate surface area is 146 Å². The molecule has 1 aliphatic rings. The van der Waals surface area contributed by atoms with E-state index < -0.39 is 0 Å². The fourth-order valence-electron chi connectivity index (χ4n) is 3.01. The molecule has 0 N–H and O–H groups in total. The number of fused-ring (bicyclic) bond motifs is 1. The van der Waals surface area contributed by atoms with Crippen molar-refractivity contribution in [3.05, 3.63) is 66.1 Å². The summed E-state index contributed by atoms with van der Waals surface area (Å²) >= 11 is 0. The van der Waals surface area contributed by atoms with Crippen LogP contribution in [0.15, 0.2) is 48.9 Å². The summed E-state index contributed by atoms with van der Waals surface area (Å²) in [5.74, 6) is 2.48. The van der Waals surface area contributed by atoms with E-state index in [2.05, 4.69) is 41.8 Å². The van der Waals surface area contributed by atoms with E-state index >= 15 is 0 Å². The van der Waals surface area contributed by atoms with Crippen LogP contribution in [0.4, 0.5) is 0 Å². The van der Waals surface area contributed by atoms with E-state index in [0.717, 1.165) is 44.2 Å². The number of rotatable bonds is 5. The first kappa shape index (κ1) is 15.7. The van der Waals surface area contributed by atoms with Crippen LogP contribution in [-0.4, -0.2) is 42.7 Å². The number of pyridine rings is 2. The third-order valence-electron chi connectivity index (χ3n) is 4.34. The Kier molecular flexibility index (Phi) is 4.65. The van der Waals surface area contributed by atoms with Gasteiger partial charge in [0.25, 0.3) is 0 Å². The third kappa shape index (κ3) is 3.83. The molecule has 0 aliphatic carbocycles. The molecule has 0 amide bonds. The Hall–Kier alpha value is -2.80. The number of ether oxygens (including phenoxy) is 1. The summed E-state index contributed by atoms with van der Waals surface area (Å²) < 4.78 is 7.90. The van der Waals surface area contributed by atoms with Gasteiger partial charge in [-0.3, -0.25) is 9.88 Å². The van der Waals surface area contributed by atoms with Gasteiger partial charge in [0.15, 0.2) is 5.82 Å². The van der Waals surface area contributed by atoms with Crippen molar-refractivity contribution in [1.29, 1.82) is 0 Å². The molecule has 0 saturated heterocycles. The molecule has 1 aliphatic heterocycles. The van der Waals surface area contributed by atoms with E-state index in [9.17, 15) is 0 Å². The van der Waals surface area contributed by atoms with Crippen molar-refractivity contribution in [3.8, 4) is 5.88 Å². The molecule has 0 atom stereocenters. The van der Waals surface area contributed by atoms with E-state index in [0.29, 0.717) is 12.5 Å². The maximum Gasteiger partial charge on any atom is 0.213 e. The number of hydrogen-bond donors (Lipinski definition) is 0. The van der Waals surface area contributed by atoms with Crippen LogP contribution in [0.1, 0.15) is 17.2 Å². The Morgan fingerprint density at radius 1 is 0.960 bits per heavy atom. The fourth-order valence-corrected chi connectivity index (χ4v) is 3.01. The van der Waals surface area contributed by atoms with Gasteiger partial charge >= 0.3 is 0 Å². The van der Waals surface area contributed by atoms with Gasteiger partial charge < -0.3 is 9.30 Å². The number of hydrogen-bond acceptors (Lipinski definition) is 6. The zero-order valence-electron chi connectivity index (χ0n) is 14.0. The third-order valence-corrected chi connectivity index (χ3v) is 4.34. The lowest BCUT2D eigenvalue weighted by atomic mass is 10.2. The van der Waals surface area contributed by atoms with Crippen molar-refractivity contribution in [3.63, 3.8) is 0 Å². The molecule has 3 aromatic rings. The average molecular weight is 336 g/mol. The Morgan fingerprint density at radius 3 is 2.72 bits per heavy atom. The van der Waals surface area contributed by atoms with Gasteiger partial charge in [-0.1, -0.05) is 6.07 Å². The maximum absolute atomic E-state index is 5.72. The van der Waals surface area contributed by atoms with Crippen LogP contribution in [-0.2, 0) is 26.1 Å². The van der Waals surface area contributed by atoms with Crippen molar-refractivity contribution >= 4 is 0 Å². The number of aromatic nitrogens is 5. The predicted molar refractivity (Wildman–Crippen MR) is 91.8 cm³/mol. The standard InChI is InChI=1S/C18H20N6O/c1-2-7-20-18(3-1)25-14-17-22-21-16-6-10-23(11-12-24(16)17)13-15-4-8-19-9-5-15/h1-5,7-9H,6,10-14H2. The molecule has 0 fully saturated rings. The molecular weight excluding hydrogens is 316 g/mol. The highest BCUT2D eigenvalue weighted by molar-refractivity contribution is 5.11. The molecule has 0 unspecified atom stereocenters. The minimum absolute atomic E-state index is 0.383. The van der Waals surface area contributed by atoms with Gasteiger partial charge in [-0.05, 0) is 23.8 Å². The summed E-state index contributed by atoms with van der Waals surface area (Å²) in [5, 5.41) is 8.64. The van der Waals surface area contributed by atoms with Crippen molar-refractivity contribution in [2.24, 2.45) is 0 Å². The lowest BCUT2D eigenvalue weighted by Crippen LogP contribution is -2.26. The van der Waals surface area contributed by atoms with Crippen LogP contribution >= 0.6 is 0 Å². The van der Waals surface area contributed by atoms with Gasteiger partial charge in [0.05, 0.1) is 0 Å². The normalized spacial score (nSPS) is 14.7. The topological polar surface area (TPSA) is 69.0 Å². The van der Waals surface area contributed by atoms with E-state index in [4.69, 9.17) is 4.74 Å². The van der Waals surface area contributed by atoms with E-state index in [1.54, 1.807) is 6.20 Å². The molecule has 25 heavy (non-hydrogen) atoms. The summed E-state index contributed by atoms with van der Waals surface area (Å²) in [5.41, 5.74) is 1.28. The molecule has 0 saturated carbocycles. The SMILES string of the molecule is c1ccc(OCc2nnc3n2CCN(Cc2ccncc2)CC3)nc1. The van der Waals surface area contributed by atoms with Crippen molar-refractivity contribution in [2.45, 2.75) is 26.1 Å². The van der Waals surface area contributed by atoms with Crippen molar-refractivity contribution < 1.29 is 4.74 Å². The van der Waals surface area contributed by atoms with Crippen LogP contribution in [0.2, 0.25) is 0 Å². The van der Waals surface area contributed by atoms with E-state index in [1.807, 2.05) is 30.6 Å². The zero-order valence-corrected chi connectivity index (χ0v) is 14.0. The Balaban J connectivity index is 1.39. The van der Waals surface area contributed by atoms with Gasteiger partial charge in [-0.2, -0.15) is 0 Å². The lowest BCUT2D eigenvalue weighted by Gasteiger charge is -2.19. The highest BCUT2D eigenvalue weighted by Crippen LogP contribution is 2.14. The molecular formula is C18H20N6O. The highest BCUT2D eigenvalue weighted by Gasteiger charge is 2.19. The van der Waals surface area contributed by atoms with Crippen LogP contribution in [0, 0.1) is 0 Å². The monoisotopic (exact) mass is 336 g/mol. The molecule has 0 bridgehead atoms. The van der Waals surface area contributed by atoms with Gasteiger partial charge in [0, 0.05) is 57.3 Å².